The minimum absolute atomic E-state index is 0.126. The molecule has 32 heavy (non-hydrogen) atoms. The summed E-state index contributed by atoms with van der Waals surface area (Å²) >= 11 is 6.47. The van der Waals surface area contributed by atoms with Gasteiger partial charge < -0.3 is 14.2 Å². The molecule has 4 aromatic rings. The van der Waals surface area contributed by atoms with E-state index in [2.05, 4.69) is 28.8 Å². The summed E-state index contributed by atoms with van der Waals surface area (Å²) in [5.41, 5.74) is 4.22. The minimum Gasteiger partial charge on any atom is -0.378 e. The van der Waals surface area contributed by atoms with Gasteiger partial charge in [-0.25, -0.2) is 9.37 Å². The Morgan fingerprint density at radius 3 is 2.72 bits per heavy atom. The van der Waals surface area contributed by atoms with Gasteiger partial charge in [-0.15, -0.1) is 0 Å². The average Bonchev–Trinajstić information content (AvgIpc) is 3.14. The molecule has 6 nitrogen and oxygen atoms in total. The van der Waals surface area contributed by atoms with Crippen molar-refractivity contribution in [3.8, 4) is 11.1 Å². The van der Waals surface area contributed by atoms with Crippen LogP contribution in [0.4, 0.5) is 10.1 Å². The maximum absolute atomic E-state index is 13.5. The fraction of sp³-hybridized carbons (Fsp3) is 0.217. The monoisotopic (exact) mass is 562 g/mol. The number of fused-ring (bicyclic) bond motifs is 1. The third kappa shape index (κ3) is 4.16. The van der Waals surface area contributed by atoms with Gasteiger partial charge in [-0.2, -0.15) is 0 Å². The van der Waals surface area contributed by atoms with Crippen molar-refractivity contribution in [3.63, 3.8) is 0 Å². The molecular formula is C23H20FIN4O2S. The van der Waals surface area contributed by atoms with E-state index in [9.17, 15) is 9.18 Å². The Kier molecular flexibility index (Phi) is 5.95. The molecule has 0 unspecified atom stereocenters. The zero-order chi connectivity index (χ0) is 22.2. The van der Waals surface area contributed by atoms with Gasteiger partial charge in [-0.1, -0.05) is 18.9 Å². The number of rotatable bonds is 4. The molecule has 0 amide bonds. The van der Waals surface area contributed by atoms with Crippen molar-refractivity contribution < 1.29 is 9.13 Å². The van der Waals surface area contributed by atoms with E-state index >= 15 is 0 Å². The van der Waals surface area contributed by atoms with Gasteiger partial charge in [0, 0.05) is 46.1 Å². The Labute approximate surface area is 203 Å². The third-order valence-electron chi connectivity index (χ3n) is 5.63. The molecule has 9 heteroatoms. The number of anilines is 1. The summed E-state index contributed by atoms with van der Waals surface area (Å²) in [4.78, 5) is 19.7. The maximum atomic E-state index is 13.5. The largest absolute Gasteiger partial charge is 0.378 e. The predicted octanol–water partition coefficient (Wildman–Crippen LogP) is 4.19. The molecule has 0 spiro atoms. The highest BCUT2D eigenvalue weighted by atomic mass is 127. The first kappa shape index (κ1) is 21.5. The summed E-state index contributed by atoms with van der Waals surface area (Å²) < 4.78 is 22.8. The third-order valence-corrected chi connectivity index (χ3v) is 6.76. The zero-order valence-corrected chi connectivity index (χ0v) is 20.1. The lowest BCUT2D eigenvalue weighted by Gasteiger charge is -2.28. The van der Waals surface area contributed by atoms with Crippen LogP contribution in [0.1, 0.15) is 5.56 Å². The number of aromatic nitrogens is 3. The van der Waals surface area contributed by atoms with Crippen LogP contribution in [-0.4, -0.2) is 39.8 Å². The van der Waals surface area contributed by atoms with Crippen LogP contribution in [0.3, 0.4) is 0 Å². The standard InChI is InChI=1S/C23H20FIN4O2S/c24-20-2-1-15(9-21(20)25)13-28-4-3-16(10-22(28)30)19-14-29(32)23-18(19)11-17(12-26-23)27-5-7-31-8-6-27/h1-4,9-12,14,32H,5-8,13H2. The molecule has 0 saturated carbocycles. The zero-order valence-electron chi connectivity index (χ0n) is 17.0. The molecule has 0 atom stereocenters. The van der Waals surface area contributed by atoms with Crippen molar-refractivity contribution in [2.24, 2.45) is 0 Å². The van der Waals surface area contributed by atoms with Crippen molar-refractivity contribution in [2.75, 3.05) is 31.2 Å². The summed E-state index contributed by atoms with van der Waals surface area (Å²) in [6.45, 7) is 3.42. The number of nitrogens with zero attached hydrogens (tertiary/aromatic N) is 4. The number of ether oxygens (including phenoxy) is 1. The topological polar surface area (TPSA) is 52.3 Å². The molecule has 1 fully saturated rings. The maximum Gasteiger partial charge on any atom is 0.251 e. The Hall–Kier alpha value is -2.37. The van der Waals surface area contributed by atoms with E-state index in [4.69, 9.17) is 4.74 Å². The van der Waals surface area contributed by atoms with E-state index < -0.39 is 0 Å². The summed E-state index contributed by atoms with van der Waals surface area (Å²) in [6, 6.07) is 10.5. The van der Waals surface area contributed by atoms with Crippen LogP contribution in [0.15, 0.2) is 59.8 Å². The van der Waals surface area contributed by atoms with Crippen LogP contribution in [0, 0.1) is 9.39 Å². The van der Waals surface area contributed by atoms with E-state index in [1.165, 1.54) is 6.07 Å². The highest BCUT2D eigenvalue weighted by molar-refractivity contribution is 14.1. The number of hydrogen-bond donors (Lipinski definition) is 1. The highest BCUT2D eigenvalue weighted by Gasteiger charge is 2.16. The number of benzene rings is 1. The van der Waals surface area contributed by atoms with Crippen molar-refractivity contribution in [1.29, 1.82) is 0 Å². The Bertz CT molecular complexity index is 1360. The van der Waals surface area contributed by atoms with Crippen LogP contribution < -0.4 is 10.5 Å². The van der Waals surface area contributed by atoms with Gasteiger partial charge in [0.05, 0.1) is 31.6 Å². The van der Waals surface area contributed by atoms with E-state index in [1.807, 2.05) is 41.1 Å². The van der Waals surface area contributed by atoms with Gasteiger partial charge >= 0.3 is 0 Å². The van der Waals surface area contributed by atoms with Crippen molar-refractivity contribution in [3.05, 3.63) is 80.3 Å². The molecule has 1 aliphatic rings. The number of thiol groups is 1. The van der Waals surface area contributed by atoms with E-state index in [0.717, 1.165) is 46.5 Å². The van der Waals surface area contributed by atoms with Crippen LogP contribution in [0.25, 0.3) is 22.2 Å². The summed E-state index contributed by atoms with van der Waals surface area (Å²) in [6.07, 6.45) is 5.51. The van der Waals surface area contributed by atoms with Gasteiger partial charge in [-0.05, 0) is 58.0 Å². The molecule has 5 rings (SSSR count). The molecule has 0 N–H and O–H groups in total. The second kappa shape index (κ2) is 8.87. The van der Waals surface area contributed by atoms with Gasteiger partial charge in [0.2, 0.25) is 0 Å². The fourth-order valence-corrected chi connectivity index (χ4v) is 4.80. The van der Waals surface area contributed by atoms with Gasteiger partial charge in [0.25, 0.3) is 5.56 Å². The highest BCUT2D eigenvalue weighted by Crippen LogP contribution is 2.32. The summed E-state index contributed by atoms with van der Waals surface area (Å²) in [5.74, 6) is -0.259. The van der Waals surface area contributed by atoms with Crippen molar-refractivity contribution in [1.82, 2.24) is 13.5 Å². The smallest absolute Gasteiger partial charge is 0.251 e. The van der Waals surface area contributed by atoms with E-state index in [1.54, 1.807) is 32.9 Å². The van der Waals surface area contributed by atoms with Gasteiger partial charge in [0.1, 0.15) is 5.82 Å². The number of hydrogen-bond acceptors (Lipinski definition) is 5. The fourth-order valence-electron chi connectivity index (χ4n) is 3.95. The lowest BCUT2D eigenvalue weighted by Crippen LogP contribution is -2.36. The molecular weight excluding hydrogens is 542 g/mol. The van der Waals surface area contributed by atoms with Crippen LogP contribution >= 0.6 is 35.4 Å². The van der Waals surface area contributed by atoms with Crippen LogP contribution in [0.2, 0.25) is 0 Å². The van der Waals surface area contributed by atoms with Crippen molar-refractivity contribution >= 4 is 52.1 Å². The van der Waals surface area contributed by atoms with Crippen molar-refractivity contribution in [2.45, 2.75) is 6.54 Å². The molecule has 0 aliphatic carbocycles. The Morgan fingerprint density at radius 1 is 1.16 bits per heavy atom. The SMILES string of the molecule is O=c1cc(-c2cn(S)c3ncc(N4CCOCC4)cc23)ccn1Cc1ccc(F)c(I)c1. The number of morpholine rings is 1. The lowest BCUT2D eigenvalue weighted by atomic mass is 10.1. The predicted molar refractivity (Wildman–Crippen MR) is 135 cm³/mol. The summed E-state index contributed by atoms with van der Waals surface area (Å²) in [5, 5.41) is 0.939. The van der Waals surface area contributed by atoms with Gasteiger partial charge in [-0.3, -0.25) is 8.77 Å². The van der Waals surface area contributed by atoms with Gasteiger partial charge in [0.15, 0.2) is 5.65 Å². The molecule has 1 aliphatic heterocycles. The first-order valence-electron chi connectivity index (χ1n) is 10.2. The average molecular weight is 562 g/mol. The minimum atomic E-state index is -0.259. The second-order valence-corrected chi connectivity index (χ2v) is 9.27. The van der Waals surface area contributed by atoms with E-state index in [0.29, 0.717) is 23.3 Å². The molecule has 0 bridgehead atoms. The first-order valence-corrected chi connectivity index (χ1v) is 11.7. The molecule has 4 heterocycles. The first-order chi connectivity index (χ1) is 15.5. The van der Waals surface area contributed by atoms with Crippen LogP contribution in [0.5, 0.6) is 0 Å². The number of pyridine rings is 2. The molecule has 0 radical (unpaired) electrons. The second-order valence-electron chi connectivity index (χ2n) is 7.68. The molecule has 164 valence electrons. The van der Waals surface area contributed by atoms with Crippen LogP contribution in [-0.2, 0) is 11.3 Å². The lowest BCUT2D eigenvalue weighted by molar-refractivity contribution is 0.122. The molecule has 1 saturated heterocycles. The Balaban J connectivity index is 1.49. The Morgan fingerprint density at radius 2 is 1.97 bits per heavy atom. The molecule has 3 aromatic heterocycles. The quantitative estimate of drug-likeness (QED) is 0.300. The van der Waals surface area contributed by atoms with E-state index in [-0.39, 0.29) is 11.4 Å². The number of halogens is 2. The normalized spacial score (nSPS) is 14.3. The molecule has 1 aromatic carbocycles. The summed E-state index contributed by atoms with van der Waals surface area (Å²) in [7, 11) is 0.